The second kappa shape index (κ2) is 8.36. The van der Waals surface area contributed by atoms with Gasteiger partial charge in [0.1, 0.15) is 11.5 Å². The van der Waals surface area contributed by atoms with E-state index in [-0.39, 0.29) is 11.8 Å². The third kappa shape index (κ3) is 5.51. The van der Waals surface area contributed by atoms with E-state index in [1.807, 2.05) is 26.0 Å². The lowest BCUT2D eigenvalue weighted by Crippen LogP contribution is -2.45. The Hall–Kier alpha value is -1.95. The number of amides is 1. The fourth-order valence-corrected chi connectivity index (χ4v) is 1.72. The summed E-state index contributed by atoms with van der Waals surface area (Å²) in [6.45, 7) is 4.93. The molecular formula is C15H25N3O3. The Balaban J connectivity index is 2.44. The van der Waals surface area contributed by atoms with Gasteiger partial charge in [0.2, 0.25) is 5.91 Å². The maximum atomic E-state index is 11.7. The fourth-order valence-electron chi connectivity index (χ4n) is 1.72. The van der Waals surface area contributed by atoms with Gasteiger partial charge in [0.25, 0.3) is 0 Å². The first-order valence-corrected chi connectivity index (χ1v) is 6.98. The molecule has 1 aromatic rings. The van der Waals surface area contributed by atoms with Gasteiger partial charge in [-0.1, -0.05) is 13.8 Å². The molecule has 0 unspecified atom stereocenters. The largest absolute Gasteiger partial charge is 0.497 e. The number of anilines is 1. The molecule has 0 saturated heterocycles. The summed E-state index contributed by atoms with van der Waals surface area (Å²) in [5.74, 6) is 1.42. The summed E-state index contributed by atoms with van der Waals surface area (Å²) in [5.41, 5.74) is 6.63. The molecule has 6 nitrogen and oxygen atoms in total. The standard InChI is InChI=1S/C15H25N3O3/c1-10(2)14(16)15(19)18-6-5-17-11-7-12(20-3)9-13(8-11)21-4/h7-10,14,17H,5-6,16H2,1-4H3,(H,18,19)/t14-/m0/s1. The average Bonchev–Trinajstić information content (AvgIpc) is 2.49. The topological polar surface area (TPSA) is 85.6 Å². The lowest BCUT2D eigenvalue weighted by Gasteiger charge is -2.16. The van der Waals surface area contributed by atoms with E-state index in [1.165, 1.54) is 0 Å². The number of nitrogens with two attached hydrogens (primary N) is 1. The molecular weight excluding hydrogens is 270 g/mol. The van der Waals surface area contributed by atoms with Crippen molar-refractivity contribution in [3.8, 4) is 11.5 Å². The van der Waals surface area contributed by atoms with Crippen molar-refractivity contribution in [1.29, 1.82) is 0 Å². The molecule has 118 valence electrons. The van der Waals surface area contributed by atoms with E-state index < -0.39 is 6.04 Å². The number of hydrogen-bond donors (Lipinski definition) is 3. The van der Waals surface area contributed by atoms with E-state index in [1.54, 1.807) is 20.3 Å². The van der Waals surface area contributed by atoms with Crippen LogP contribution in [0.3, 0.4) is 0 Å². The molecule has 1 aromatic carbocycles. The minimum absolute atomic E-state index is 0.126. The van der Waals surface area contributed by atoms with Crippen LogP contribution < -0.4 is 25.8 Å². The highest BCUT2D eigenvalue weighted by Crippen LogP contribution is 2.25. The second-order valence-corrected chi connectivity index (χ2v) is 5.09. The van der Waals surface area contributed by atoms with Gasteiger partial charge in [-0.3, -0.25) is 4.79 Å². The van der Waals surface area contributed by atoms with Gasteiger partial charge in [0.05, 0.1) is 20.3 Å². The monoisotopic (exact) mass is 295 g/mol. The molecule has 6 heteroatoms. The van der Waals surface area contributed by atoms with E-state index in [0.717, 1.165) is 5.69 Å². The lowest BCUT2D eigenvalue weighted by atomic mass is 10.1. The lowest BCUT2D eigenvalue weighted by molar-refractivity contribution is -0.123. The first-order chi connectivity index (χ1) is 9.97. The van der Waals surface area contributed by atoms with Crippen LogP contribution in [-0.2, 0) is 4.79 Å². The molecule has 0 bridgehead atoms. The summed E-state index contributed by atoms with van der Waals surface area (Å²) in [5, 5.41) is 6.00. The van der Waals surface area contributed by atoms with E-state index >= 15 is 0 Å². The first-order valence-electron chi connectivity index (χ1n) is 6.98. The van der Waals surface area contributed by atoms with Gasteiger partial charge in [0, 0.05) is 37.0 Å². The number of hydrogen-bond acceptors (Lipinski definition) is 5. The molecule has 0 spiro atoms. The summed E-state index contributed by atoms with van der Waals surface area (Å²) in [4.78, 5) is 11.7. The summed E-state index contributed by atoms with van der Waals surface area (Å²) in [6.07, 6.45) is 0. The summed E-state index contributed by atoms with van der Waals surface area (Å²) < 4.78 is 10.4. The van der Waals surface area contributed by atoms with Crippen molar-refractivity contribution in [2.45, 2.75) is 19.9 Å². The Morgan fingerprint density at radius 3 is 2.19 bits per heavy atom. The van der Waals surface area contributed by atoms with Gasteiger partial charge in [-0.25, -0.2) is 0 Å². The Bertz CT molecular complexity index is 441. The van der Waals surface area contributed by atoms with Crippen LogP contribution in [0.25, 0.3) is 0 Å². The maximum Gasteiger partial charge on any atom is 0.237 e. The normalized spacial score (nSPS) is 11.9. The summed E-state index contributed by atoms with van der Waals surface area (Å²) >= 11 is 0. The van der Waals surface area contributed by atoms with E-state index in [9.17, 15) is 4.79 Å². The van der Waals surface area contributed by atoms with Crippen molar-refractivity contribution in [3.05, 3.63) is 18.2 Å². The van der Waals surface area contributed by atoms with Crippen molar-refractivity contribution in [2.75, 3.05) is 32.6 Å². The SMILES string of the molecule is COc1cc(NCCNC(=O)[C@@H](N)C(C)C)cc(OC)c1. The van der Waals surface area contributed by atoms with Crippen LogP contribution in [0.5, 0.6) is 11.5 Å². The zero-order chi connectivity index (χ0) is 15.8. The predicted molar refractivity (Wildman–Crippen MR) is 83.9 cm³/mol. The molecule has 4 N–H and O–H groups in total. The number of benzene rings is 1. The summed E-state index contributed by atoms with van der Waals surface area (Å²) in [7, 11) is 3.21. The molecule has 0 aliphatic rings. The van der Waals surface area contributed by atoms with Crippen molar-refractivity contribution >= 4 is 11.6 Å². The number of ether oxygens (including phenoxy) is 2. The zero-order valence-electron chi connectivity index (χ0n) is 13.1. The van der Waals surface area contributed by atoms with E-state index in [0.29, 0.717) is 24.6 Å². The fraction of sp³-hybridized carbons (Fsp3) is 0.533. The number of rotatable bonds is 8. The Labute approximate surface area is 126 Å². The van der Waals surface area contributed by atoms with E-state index in [4.69, 9.17) is 15.2 Å². The molecule has 0 heterocycles. The average molecular weight is 295 g/mol. The highest BCUT2D eigenvalue weighted by Gasteiger charge is 2.16. The van der Waals surface area contributed by atoms with Crippen LogP contribution in [0, 0.1) is 5.92 Å². The van der Waals surface area contributed by atoms with Gasteiger partial charge >= 0.3 is 0 Å². The molecule has 0 aliphatic carbocycles. The van der Waals surface area contributed by atoms with Crippen LogP contribution in [0.2, 0.25) is 0 Å². The molecule has 0 saturated carbocycles. The van der Waals surface area contributed by atoms with Gasteiger partial charge < -0.3 is 25.8 Å². The van der Waals surface area contributed by atoms with Crippen LogP contribution in [-0.4, -0.2) is 39.3 Å². The third-order valence-corrected chi connectivity index (χ3v) is 3.13. The van der Waals surface area contributed by atoms with E-state index in [2.05, 4.69) is 10.6 Å². The molecule has 1 rings (SSSR count). The zero-order valence-corrected chi connectivity index (χ0v) is 13.1. The Morgan fingerprint density at radius 2 is 1.71 bits per heavy atom. The third-order valence-electron chi connectivity index (χ3n) is 3.13. The molecule has 1 amide bonds. The van der Waals surface area contributed by atoms with Crippen LogP contribution in [0.1, 0.15) is 13.8 Å². The van der Waals surface area contributed by atoms with Gasteiger partial charge in [-0.15, -0.1) is 0 Å². The van der Waals surface area contributed by atoms with Crippen LogP contribution >= 0.6 is 0 Å². The number of methoxy groups -OCH3 is 2. The quantitative estimate of drug-likeness (QED) is 0.628. The number of carbonyl (C=O) groups excluding carboxylic acids is 1. The molecule has 1 atom stereocenters. The van der Waals surface area contributed by atoms with Crippen molar-refractivity contribution in [3.63, 3.8) is 0 Å². The van der Waals surface area contributed by atoms with Gasteiger partial charge in [-0.05, 0) is 5.92 Å². The highest BCUT2D eigenvalue weighted by atomic mass is 16.5. The molecule has 0 aromatic heterocycles. The highest BCUT2D eigenvalue weighted by molar-refractivity contribution is 5.81. The maximum absolute atomic E-state index is 11.7. The van der Waals surface area contributed by atoms with Crippen molar-refractivity contribution in [1.82, 2.24) is 5.32 Å². The van der Waals surface area contributed by atoms with Gasteiger partial charge in [0.15, 0.2) is 0 Å². The van der Waals surface area contributed by atoms with Crippen LogP contribution in [0.15, 0.2) is 18.2 Å². The van der Waals surface area contributed by atoms with Crippen molar-refractivity contribution in [2.24, 2.45) is 11.7 Å². The predicted octanol–water partition coefficient (Wildman–Crippen LogP) is 1.22. The van der Waals surface area contributed by atoms with Crippen LogP contribution in [0.4, 0.5) is 5.69 Å². The first kappa shape index (κ1) is 17.1. The van der Waals surface area contributed by atoms with Crippen molar-refractivity contribution < 1.29 is 14.3 Å². The minimum Gasteiger partial charge on any atom is -0.497 e. The second-order valence-electron chi connectivity index (χ2n) is 5.09. The molecule has 21 heavy (non-hydrogen) atoms. The molecule has 0 fully saturated rings. The smallest absolute Gasteiger partial charge is 0.237 e. The number of nitrogens with one attached hydrogen (secondary N) is 2. The summed E-state index contributed by atoms with van der Waals surface area (Å²) in [6, 6.07) is 5.06. The molecule has 0 aliphatic heterocycles. The molecule has 0 radical (unpaired) electrons. The minimum atomic E-state index is -0.470. The van der Waals surface area contributed by atoms with Gasteiger partial charge in [-0.2, -0.15) is 0 Å². The Kier molecular flexibility index (Phi) is 6.81. The Morgan fingerprint density at radius 1 is 1.14 bits per heavy atom. The number of carbonyl (C=O) groups is 1.